The van der Waals surface area contributed by atoms with Gasteiger partial charge in [-0.1, -0.05) is 18.2 Å². The van der Waals surface area contributed by atoms with Gasteiger partial charge in [-0.15, -0.1) is 11.3 Å². The number of anilines is 1. The summed E-state index contributed by atoms with van der Waals surface area (Å²) >= 11 is 4.91. The molecule has 0 spiro atoms. The van der Waals surface area contributed by atoms with Crippen LogP contribution in [0.1, 0.15) is 27.2 Å². The molecule has 1 aromatic heterocycles. The molecule has 0 saturated carbocycles. The Labute approximate surface area is 125 Å². The number of aryl methyl sites for hydroxylation is 2. The second-order valence-electron chi connectivity index (χ2n) is 4.75. The van der Waals surface area contributed by atoms with Crippen LogP contribution in [0.3, 0.4) is 0 Å². The summed E-state index contributed by atoms with van der Waals surface area (Å²) in [5.74, 6) is 0.117. The minimum Gasteiger partial charge on any atom is -0.307 e. The molecule has 0 unspecified atom stereocenters. The van der Waals surface area contributed by atoms with Crippen molar-refractivity contribution in [1.82, 2.24) is 0 Å². The van der Waals surface area contributed by atoms with Gasteiger partial charge in [0, 0.05) is 6.54 Å². The third-order valence-electron chi connectivity index (χ3n) is 3.45. The zero-order chi connectivity index (χ0) is 13.4. The van der Waals surface area contributed by atoms with E-state index in [1.165, 1.54) is 22.5 Å². The van der Waals surface area contributed by atoms with Crippen LogP contribution in [-0.2, 0) is 6.42 Å². The van der Waals surface area contributed by atoms with Crippen molar-refractivity contribution in [2.45, 2.75) is 19.8 Å². The van der Waals surface area contributed by atoms with Gasteiger partial charge in [-0.3, -0.25) is 4.79 Å². The molecule has 4 heteroatoms. The molecule has 0 atom stereocenters. The van der Waals surface area contributed by atoms with E-state index in [0.717, 1.165) is 33.7 Å². The molecular formula is C15H14BrNOS. The topological polar surface area (TPSA) is 20.3 Å². The number of carbonyl (C=O) groups is 1. The number of hydrogen-bond donors (Lipinski definition) is 0. The van der Waals surface area contributed by atoms with Gasteiger partial charge < -0.3 is 4.90 Å². The fraction of sp³-hybridized carbons (Fsp3) is 0.267. The van der Waals surface area contributed by atoms with E-state index in [0.29, 0.717) is 0 Å². The van der Waals surface area contributed by atoms with E-state index in [1.54, 1.807) is 0 Å². The van der Waals surface area contributed by atoms with E-state index in [1.807, 2.05) is 17.0 Å². The van der Waals surface area contributed by atoms with E-state index in [4.69, 9.17) is 0 Å². The minimum absolute atomic E-state index is 0.117. The highest BCUT2D eigenvalue weighted by Crippen LogP contribution is 2.33. The smallest absolute Gasteiger partial charge is 0.268 e. The van der Waals surface area contributed by atoms with Crippen LogP contribution in [0.5, 0.6) is 0 Å². The molecule has 98 valence electrons. The Balaban J connectivity index is 2.02. The number of amides is 1. The fourth-order valence-corrected chi connectivity index (χ4v) is 3.95. The molecule has 0 saturated heterocycles. The molecule has 1 aliphatic rings. The molecule has 1 aromatic carbocycles. The Morgan fingerprint density at radius 1 is 1.32 bits per heavy atom. The highest BCUT2D eigenvalue weighted by atomic mass is 79.9. The molecule has 0 aliphatic carbocycles. The first-order valence-corrected chi connectivity index (χ1v) is 7.93. The number of halogens is 1. The summed E-state index contributed by atoms with van der Waals surface area (Å²) in [6, 6.07) is 10.1. The molecule has 0 bridgehead atoms. The number of fused-ring (bicyclic) bond motifs is 1. The van der Waals surface area contributed by atoms with Crippen LogP contribution in [0, 0.1) is 6.92 Å². The van der Waals surface area contributed by atoms with Gasteiger partial charge in [0.05, 0.1) is 14.4 Å². The van der Waals surface area contributed by atoms with Crippen molar-refractivity contribution in [1.29, 1.82) is 0 Å². The van der Waals surface area contributed by atoms with E-state index in [9.17, 15) is 4.79 Å². The number of thiophene rings is 1. The van der Waals surface area contributed by atoms with E-state index in [2.05, 4.69) is 41.1 Å². The van der Waals surface area contributed by atoms with Gasteiger partial charge in [0.2, 0.25) is 0 Å². The van der Waals surface area contributed by atoms with Gasteiger partial charge in [-0.25, -0.2) is 0 Å². The zero-order valence-corrected chi connectivity index (χ0v) is 13.1. The molecule has 0 radical (unpaired) electrons. The Kier molecular flexibility index (Phi) is 3.46. The summed E-state index contributed by atoms with van der Waals surface area (Å²) in [4.78, 5) is 15.4. The predicted octanol–water partition coefficient (Wildman–Crippen LogP) is 4.41. The molecule has 19 heavy (non-hydrogen) atoms. The number of para-hydroxylation sites is 1. The average Bonchev–Trinajstić information content (AvgIpc) is 2.84. The van der Waals surface area contributed by atoms with Gasteiger partial charge in [-0.2, -0.15) is 0 Å². The van der Waals surface area contributed by atoms with Gasteiger partial charge >= 0.3 is 0 Å². The number of benzene rings is 1. The molecule has 2 heterocycles. The molecule has 1 aliphatic heterocycles. The fourth-order valence-electron chi connectivity index (χ4n) is 2.61. The van der Waals surface area contributed by atoms with Crippen molar-refractivity contribution in [2.75, 3.05) is 11.4 Å². The standard InChI is InChI=1S/C15H14BrNOS/c1-10-4-2-5-11-6-3-9-17(14(10)11)15(18)12-7-8-13(16)19-12/h2,4-5,7-8H,3,6,9H2,1H3. The highest BCUT2D eigenvalue weighted by molar-refractivity contribution is 9.11. The summed E-state index contributed by atoms with van der Waals surface area (Å²) in [5, 5.41) is 0. The second-order valence-corrected chi connectivity index (χ2v) is 7.21. The van der Waals surface area contributed by atoms with Crippen LogP contribution in [0.15, 0.2) is 34.1 Å². The lowest BCUT2D eigenvalue weighted by Gasteiger charge is -2.30. The molecule has 3 rings (SSSR count). The van der Waals surface area contributed by atoms with Crippen molar-refractivity contribution in [3.63, 3.8) is 0 Å². The maximum Gasteiger partial charge on any atom is 0.268 e. The maximum absolute atomic E-state index is 12.6. The summed E-state index contributed by atoms with van der Waals surface area (Å²) in [7, 11) is 0. The van der Waals surface area contributed by atoms with E-state index in [-0.39, 0.29) is 5.91 Å². The number of carbonyl (C=O) groups excluding carboxylic acids is 1. The molecule has 0 N–H and O–H groups in total. The quantitative estimate of drug-likeness (QED) is 0.755. The first-order chi connectivity index (χ1) is 9.16. The lowest BCUT2D eigenvalue weighted by Crippen LogP contribution is -2.35. The Hall–Kier alpha value is -1.13. The van der Waals surface area contributed by atoms with Crippen LogP contribution in [-0.4, -0.2) is 12.5 Å². The summed E-state index contributed by atoms with van der Waals surface area (Å²) < 4.78 is 0.998. The first kappa shape index (κ1) is 12.9. The third kappa shape index (κ3) is 2.35. The Bertz CT molecular complexity index is 635. The van der Waals surface area contributed by atoms with Gasteiger partial charge in [-0.05, 0) is 59.0 Å². The van der Waals surface area contributed by atoms with Crippen LogP contribution in [0.2, 0.25) is 0 Å². The lowest BCUT2D eigenvalue weighted by molar-refractivity contribution is 0.0989. The summed E-state index contributed by atoms with van der Waals surface area (Å²) in [6.45, 7) is 2.89. The molecule has 2 nitrogen and oxygen atoms in total. The van der Waals surface area contributed by atoms with Crippen molar-refractivity contribution in [3.8, 4) is 0 Å². The molecule has 2 aromatic rings. The van der Waals surface area contributed by atoms with E-state index >= 15 is 0 Å². The van der Waals surface area contributed by atoms with Crippen LogP contribution < -0.4 is 4.90 Å². The number of hydrogen-bond acceptors (Lipinski definition) is 2. The van der Waals surface area contributed by atoms with Crippen LogP contribution in [0.4, 0.5) is 5.69 Å². The van der Waals surface area contributed by atoms with Crippen molar-refractivity contribution in [3.05, 3.63) is 50.1 Å². The summed E-state index contributed by atoms with van der Waals surface area (Å²) in [6.07, 6.45) is 2.10. The summed E-state index contributed by atoms with van der Waals surface area (Å²) in [5.41, 5.74) is 3.58. The van der Waals surface area contributed by atoms with Gasteiger partial charge in [0.25, 0.3) is 5.91 Å². The minimum atomic E-state index is 0.117. The molecular weight excluding hydrogens is 322 g/mol. The average molecular weight is 336 g/mol. The largest absolute Gasteiger partial charge is 0.307 e. The maximum atomic E-state index is 12.6. The first-order valence-electron chi connectivity index (χ1n) is 6.32. The SMILES string of the molecule is Cc1cccc2c1N(C(=O)c1ccc(Br)s1)CCC2. The monoisotopic (exact) mass is 335 g/mol. The molecule has 0 fully saturated rings. The predicted molar refractivity (Wildman–Crippen MR) is 83.2 cm³/mol. The van der Waals surface area contributed by atoms with Gasteiger partial charge in [0.1, 0.15) is 0 Å². The number of nitrogens with zero attached hydrogens (tertiary/aromatic N) is 1. The zero-order valence-electron chi connectivity index (χ0n) is 10.6. The normalized spacial score (nSPS) is 14.3. The van der Waals surface area contributed by atoms with Crippen LogP contribution >= 0.6 is 27.3 Å². The van der Waals surface area contributed by atoms with Crippen LogP contribution in [0.25, 0.3) is 0 Å². The highest BCUT2D eigenvalue weighted by Gasteiger charge is 2.25. The lowest BCUT2D eigenvalue weighted by atomic mass is 9.98. The van der Waals surface area contributed by atoms with Gasteiger partial charge in [0.15, 0.2) is 0 Å². The van der Waals surface area contributed by atoms with E-state index < -0.39 is 0 Å². The second kappa shape index (κ2) is 5.10. The Morgan fingerprint density at radius 2 is 2.16 bits per heavy atom. The third-order valence-corrected chi connectivity index (χ3v) is 5.06. The van der Waals surface area contributed by atoms with Crippen molar-refractivity contribution in [2.24, 2.45) is 0 Å². The number of rotatable bonds is 1. The van der Waals surface area contributed by atoms with Crippen molar-refractivity contribution >= 4 is 38.9 Å². The molecule has 1 amide bonds. The van der Waals surface area contributed by atoms with Crippen molar-refractivity contribution < 1.29 is 4.79 Å². The Morgan fingerprint density at radius 3 is 2.89 bits per heavy atom.